The zero-order chi connectivity index (χ0) is 77.5. The molecule has 0 aromatic heterocycles. The fraction of sp³-hybridized carbons (Fsp3) is 0.500. The summed E-state index contributed by atoms with van der Waals surface area (Å²) in [5.41, 5.74) is 10.9. The summed E-state index contributed by atoms with van der Waals surface area (Å²) in [6.45, 7) is 15.5. The summed E-state index contributed by atoms with van der Waals surface area (Å²) in [5, 5.41) is 21.1. The Hall–Kier alpha value is -8.74. The molecule has 17 nitrogen and oxygen atoms in total. The number of aliphatic hydroxyl groups is 2. The molecule has 5 aliphatic carbocycles. The molecule has 17 heteroatoms. The molecule has 2 heterocycles. The van der Waals surface area contributed by atoms with Gasteiger partial charge in [-0.1, -0.05) is 182 Å². The van der Waals surface area contributed by atoms with Gasteiger partial charge in [0.1, 0.15) is 35.0 Å². The van der Waals surface area contributed by atoms with Crippen LogP contribution < -0.4 is 35.3 Å². The van der Waals surface area contributed by atoms with Crippen molar-refractivity contribution >= 4 is 35.4 Å². The van der Waals surface area contributed by atoms with Crippen molar-refractivity contribution in [2.24, 2.45) is 46.3 Å². The van der Waals surface area contributed by atoms with Crippen LogP contribution in [0.5, 0.6) is 28.7 Å². The number of Topliss-reactive ketones (excluding diaryl/α,β-unsaturated/α-hetero) is 1. The van der Waals surface area contributed by atoms with Gasteiger partial charge in [-0.3, -0.25) is 28.9 Å². The number of ether oxygens (including phenoxy) is 6. The van der Waals surface area contributed by atoms with Crippen LogP contribution >= 0.6 is 0 Å². The van der Waals surface area contributed by atoms with Crippen molar-refractivity contribution in [2.75, 3.05) is 65.9 Å². The van der Waals surface area contributed by atoms with E-state index in [1.807, 2.05) is 84.9 Å². The van der Waals surface area contributed by atoms with Crippen molar-refractivity contribution in [1.82, 2.24) is 4.90 Å². The Bertz CT molecular complexity index is 3630. The molecule has 2 amide bonds. The summed E-state index contributed by atoms with van der Waals surface area (Å²) >= 11 is 0. The summed E-state index contributed by atoms with van der Waals surface area (Å²) in [7, 11) is 0. The molecule has 1 saturated heterocycles. The maximum absolute atomic E-state index is 12.6. The van der Waals surface area contributed by atoms with E-state index in [9.17, 15) is 29.1 Å². The van der Waals surface area contributed by atoms with E-state index in [0.717, 1.165) is 90.7 Å². The zero-order valence-electron chi connectivity index (χ0n) is 65.0. The first-order valence-electron chi connectivity index (χ1n) is 40.6. The van der Waals surface area contributed by atoms with Gasteiger partial charge in [0, 0.05) is 61.5 Å². The minimum atomic E-state index is -0.608. The molecule has 2 aliphatic heterocycles. The molecule has 1 unspecified atom stereocenters. The Morgan fingerprint density at radius 2 is 0.872 bits per heavy atom. The van der Waals surface area contributed by atoms with E-state index >= 15 is 0 Å². The second-order valence-electron chi connectivity index (χ2n) is 29.4. The first kappa shape index (κ1) is 87.5. The van der Waals surface area contributed by atoms with Crippen molar-refractivity contribution in [3.63, 3.8) is 0 Å². The molecule has 6 aromatic rings. The van der Waals surface area contributed by atoms with Crippen LogP contribution in [0.1, 0.15) is 262 Å². The van der Waals surface area contributed by atoms with Crippen molar-refractivity contribution in [2.45, 2.75) is 199 Å². The van der Waals surface area contributed by atoms with Crippen LogP contribution in [0, 0.1) is 29.6 Å². The monoisotopic (exact) mass is 1490 g/mol. The highest BCUT2D eigenvalue weighted by Crippen LogP contribution is 2.32. The quantitative estimate of drug-likeness (QED) is 0.00547. The van der Waals surface area contributed by atoms with Crippen molar-refractivity contribution < 1.29 is 62.6 Å². The van der Waals surface area contributed by atoms with E-state index in [1.54, 1.807) is 67.6 Å². The first-order valence-corrected chi connectivity index (χ1v) is 40.6. The zero-order valence-corrected chi connectivity index (χ0v) is 65.0. The predicted molar refractivity (Wildman–Crippen MR) is 436 cm³/mol. The molecule has 0 radical (unpaired) electrons. The number of nitrogens with two attached hydrogens (primary N) is 2. The average Bonchev–Trinajstić information content (AvgIpc) is 1.64. The number of aliphatic hydroxyl groups excluding tert-OH is 2. The lowest BCUT2D eigenvalue weighted by molar-refractivity contribution is 0.0648. The van der Waals surface area contributed by atoms with Crippen LogP contribution in [0.25, 0.3) is 0 Å². The number of hydrogen-bond donors (Lipinski definition) is 4. The summed E-state index contributed by atoms with van der Waals surface area (Å²) in [4.78, 5) is 60.7. The highest BCUT2D eigenvalue weighted by atomic mass is 16.5. The van der Waals surface area contributed by atoms with Gasteiger partial charge < -0.3 is 50.2 Å². The summed E-state index contributed by atoms with van der Waals surface area (Å²) in [6.07, 6.45) is 39.1. The number of ketones is 2. The van der Waals surface area contributed by atoms with E-state index in [-0.39, 0.29) is 43.0 Å². The molecule has 5 saturated carbocycles. The molecule has 109 heavy (non-hydrogen) atoms. The number of nitrogens with zero attached hydrogens (tertiary/aromatic N) is 2. The van der Waals surface area contributed by atoms with Crippen LogP contribution in [0.2, 0.25) is 0 Å². The number of benzene rings is 6. The number of amides is 2. The van der Waals surface area contributed by atoms with E-state index in [1.165, 1.54) is 186 Å². The second-order valence-corrected chi connectivity index (χ2v) is 29.4. The van der Waals surface area contributed by atoms with Crippen LogP contribution in [0.3, 0.4) is 0 Å². The number of imide groups is 1. The highest BCUT2D eigenvalue weighted by Gasteiger charge is 2.35. The predicted octanol–water partition coefficient (Wildman–Crippen LogP) is 19.3. The summed E-state index contributed by atoms with van der Waals surface area (Å²) in [6, 6.07) is 44.3. The molecule has 6 N–H and O–H groups in total. The topological polar surface area (TPSA) is 249 Å². The Morgan fingerprint density at radius 1 is 0.505 bits per heavy atom. The number of aldehydes is 1. The largest absolute Gasteiger partial charge is 0.493 e. The third kappa shape index (κ3) is 32.4. The van der Waals surface area contributed by atoms with Gasteiger partial charge >= 0.3 is 0 Å². The lowest BCUT2D eigenvalue weighted by Crippen LogP contribution is -2.31. The van der Waals surface area contributed by atoms with E-state index in [2.05, 4.69) is 18.3 Å². The van der Waals surface area contributed by atoms with Crippen LogP contribution in [0.15, 0.2) is 176 Å². The summed E-state index contributed by atoms with van der Waals surface area (Å²) in [5.74, 6) is 12.0. The maximum atomic E-state index is 12.6. The Morgan fingerprint density at radius 3 is 1.25 bits per heavy atom. The molecule has 0 spiro atoms. The number of rotatable bonds is 27. The van der Waals surface area contributed by atoms with Gasteiger partial charge in [-0.05, 0) is 205 Å². The smallest absolute Gasteiger partial charge is 0.261 e. The van der Waals surface area contributed by atoms with Gasteiger partial charge in [0.2, 0.25) is 0 Å². The molecule has 0 bridgehead atoms. The minimum absolute atomic E-state index is 0.0573. The number of hydrazone groups is 1. The van der Waals surface area contributed by atoms with Crippen LogP contribution in [0.4, 0.5) is 0 Å². The van der Waals surface area contributed by atoms with E-state index in [0.29, 0.717) is 82.7 Å². The number of allylic oxidation sites excluding steroid dienone is 1. The standard InChI is InChI=1S/C24H25NO4.C16H25N3O.C16H22O2.C16H20O2.C14H18O2.C4H8O.C2H6O/c26-22(13-14-25-23(27)20-11-4-5-12-21(20)24(25)28)18-9-6-10-19(15-18)29-16-17-7-2-1-3-8-17;17-10-9-16(19-18)14-7-4-8-15(11-14)20-12-13-5-2-1-3-6-13;2*1-2-16(17)14-9-6-10-15(11-14)18-12-13-7-4-3-5-8-13;15-10-13-7-4-8-14(9-13)16-11-12-5-2-1-3-6-12;1-2-4-5-3-1;1-2-3/h4-6,9-12,15,17H,1-3,7-8,13-14,16H2;4,7-8,11,13H,1-3,5-6,9-10,12,17-18H2;2,6,9-11,13,16-17H,1,3-5,7-8,12H2;2,6,9-11,13H,1,3-5,7-8,12H2;4,7-10,12H,1-3,5-6,11H2;1-4H2;3H,2H2,1H3/b;19-16-;;;;;. The van der Waals surface area contributed by atoms with Gasteiger partial charge in [-0.25, -0.2) is 0 Å². The van der Waals surface area contributed by atoms with Gasteiger partial charge in [0.25, 0.3) is 11.8 Å². The lowest BCUT2D eigenvalue weighted by Gasteiger charge is -2.21. The molecule has 7 aliphatic rings. The fourth-order valence-corrected chi connectivity index (χ4v) is 14.6. The Labute approximate surface area is 649 Å². The first-order chi connectivity index (χ1) is 53.3. The minimum Gasteiger partial charge on any atom is -0.493 e. The Balaban J connectivity index is 0.000000187. The third-order valence-corrected chi connectivity index (χ3v) is 20.9. The molecule has 13 rings (SSSR count). The van der Waals surface area contributed by atoms with Gasteiger partial charge in [0.15, 0.2) is 11.6 Å². The highest BCUT2D eigenvalue weighted by molar-refractivity contribution is 6.21. The molecule has 6 aromatic carbocycles. The summed E-state index contributed by atoms with van der Waals surface area (Å²) < 4.78 is 34.2. The number of hydrogen-bond acceptors (Lipinski definition) is 16. The van der Waals surface area contributed by atoms with Gasteiger partial charge in [-0.2, -0.15) is 5.10 Å². The number of carbonyl (C=O) groups excluding carboxylic acids is 5. The fourth-order valence-electron chi connectivity index (χ4n) is 14.6. The average molecular weight is 1490 g/mol. The second kappa shape index (κ2) is 51.6. The van der Waals surface area contributed by atoms with Gasteiger partial charge in [-0.15, -0.1) is 6.58 Å². The normalized spacial score (nSPS) is 17.1. The molecular formula is C92H124N4O13. The Kier molecular flexibility index (Phi) is 41.4. The molecular weight excluding hydrogens is 1370 g/mol. The molecule has 1 atom stereocenters. The van der Waals surface area contributed by atoms with E-state index < -0.39 is 6.10 Å². The van der Waals surface area contributed by atoms with Gasteiger partial charge in [0.05, 0.1) is 56.0 Å². The lowest BCUT2D eigenvalue weighted by atomic mass is 9.90. The number of carbonyl (C=O) groups is 5. The van der Waals surface area contributed by atoms with Crippen molar-refractivity contribution in [3.05, 3.63) is 210 Å². The van der Waals surface area contributed by atoms with E-state index in [4.69, 9.17) is 45.1 Å². The SMILES string of the molecule is C1CCOC1.C=CC(=O)c1cccc(OCC2CCCCC2)c1.C=CC(O)c1cccc(OCC2CCCCC2)c1.CCO.NCC/C(=N/N)c1cccc(OCC2CCCCC2)c1.O=C(CCN1C(=O)c2ccccc2C1=O)c1cccc(OCC2CCCCC2)c1.O=Cc1cccc(OCC2CCCCC2)c1. The van der Waals surface area contributed by atoms with Crippen LogP contribution in [-0.4, -0.2) is 116 Å². The maximum Gasteiger partial charge on any atom is 0.261 e. The van der Waals surface area contributed by atoms with Crippen molar-refractivity contribution in [1.29, 1.82) is 0 Å². The molecule has 6 fully saturated rings. The number of fused-ring (bicyclic) bond motifs is 1. The third-order valence-electron chi connectivity index (χ3n) is 20.9. The molecule has 590 valence electrons. The van der Waals surface area contributed by atoms with Crippen molar-refractivity contribution in [3.8, 4) is 28.7 Å². The van der Waals surface area contributed by atoms with Crippen LogP contribution in [-0.2, 0) is 4.74 Å².